The third kappa shape index (κ3) is 7.72. The molecule has 0 fully saturated rings. The first-order valence-corrected chi connectivity index (χ1v) is 15.2. The topological polar surface area (TPSA) is 128 Å². The van der Waals surface area contributed by atoms with Crippen molar-refractivity contribution in [3.05, 3.63) is 83.7 Å². The van der Waals surface area contributed by atoms with E-state index in [-0.39, 0.29) is 47.3 Å². The minimum Gasteiger partial charge on any atom is -0.486 e. The van der Waals surface area contributed by atoms with Gasteiger partial charge in [-0.1, -0.05) is 13.0 Å². The standard InChI is InChI=1S/C30H32F4N4O6S/c1-18-15-38(19(2)17-39)28(40)24-5-4-6-25(36-29(41)35-22-11-7-20(8-12-22)30(32,33)34)27(24)44-26(18)16-37(3)45(42,43)23-13-9-21(31)10-14-23/h4-14,18-19,26,39H,15-17H2,1-3H3,(H2,35,36,41)/t18-,19+,26-/m0/s1. The van der Waals surface area contributed by atoms with Crippen LogP contribution in [0.5, 0.6) is 5.75 Å². The molecule has 0 spiro atoms. The fourth-order valence-corrected chi connectivity index (χ4v) is 5.91. The number of hydrogen-bond donors (Lipinski definition) is 3. The lowest BCUT2D eigenvalue weighted by molar-refractivity contribution is -0.137. The molecule has 10 nitrogen and oxygen atoms in total. The molecule has 3 atom stereocenters. The number of ether oxygens (including phenoxy) is 1. The van der Waals surface area contributed by atoms with E-state index in [1.807, 2.05) is 0 Å². The Balaban J connectivity index is 1.65. The van der Waals surface area contributed by atoms with Crippen LogP contribution < -0.4 is 15.4 Å². The molecule has 3 N–H and O–H groups in total. The van der Waals surface area contributed by atoms with Crippen LogP contribution in [0.15, 0.2) is 71.6 Å². The quantitative estimate of drug-likeness (QED) is 0.293. The lowest BCUT2D eigenvalue weighted by Gasteiger charge is -2.38. The highest BCUT2D eigenvalue weighted by molar-refractivity contribution is 7.89. The Morgan fingerprint density at radius 2 is 1.73 bits per heavy atom. The third-order valence-electron chi connectivity index (χ3n) is 7.37. The Bertz CT molecular complexity index is 1640. The summed E-state index contributed by atoms with van der Waals surface area (Å²) >= 11 is 0. The van der Waals surface area contributed by atoms with Gasteiger partial charge in [0.1, 0.15) is 11.9 Å². The summed E-state index contributed by atoms with van der Waals surface area (Å²) in [5.74, 6) is -1.66. The summed E-state index contributed by atoms with van der Waals surface area (Å²) in [5, 5.41) is 14.9. The van der Waals surface area contributed by atoms with Crippen LogP contribution in [0.25, 0.3) is 0 Å². The molecule has 4 rings (SSSR count). The Labute approximate surface area is 257 Å². The minimum absolute atomic E-state index is 0.0311. The molecule has 1 heterocycles. The number of fused-ring (bicyclic) bond motifs is 1. The Hall–Kier alpha value is -4.21. The summed E-state index contributed by atoms with van der Waals surface area (Å²) < 4.78 is 86.1. The predicted molar refractivity (Wildman–Crippen MR) is 158 cm³/mol. The van der Waals surface area contributed by atoms with E-state index in [2.05, 4.69) is 10.6 Å². The van der Waals surface area contributed by atoms with Crippen LogP contribution in [0.1, 0.15) is 29.8 Å². The summed E-state index contributed by atoms with van der Waals surface area (Å²) in [6.45, 7) is 2.92. The van der Waals surface area contributed by atoms with Gasteiger partial charge in [-0.05, 0) is 67.6 Å². The molecule has 1 aliphatic heterocycles. The van der Waals surface area contributed by atoms with Gasteiger partial charge in [0.25, 0.3) is 5.91 Å². The molecule has 0 saturated carbocycles. The highest BCUT2D eigenvalue weighted by Crippen LogP contribution is 2.36. The molecule has 15 heteroatoms. The van der Waals surface area contributed by atoms with Gasteiger partial charge in [-0.3, -0.25) is 4.79 Å². The average Bonchev–Trinajstić information content (AvgIpc) is 2.98. The van der Waals surface area contributed by atoms with Crippen LogP contribution in [-0.2, 0) is 16.2 Å². The van der Waals surface area contributed by atoms with Gasteiger partial charge in [-0.15, -0.1) is 0 Å². The molecule has 0 aliphatic carbocycles. The van der Waals surface area contributed by atoms with Crippen molar-refractivity contribution in [1.29, 1.82) is 0 Å². The minimum atomic E-state index is -4.55. The first-order chi connectivity index (χ1) is 21.1. The second-order valence-corrected chi connectivity index (χ2v) is 12.7. The van der Waals surface area contributed by atoms with Gasteiger partial charge >= 0.3 is 12.2 Å². The monoisotopic (exact) mass is 652 g/mol. The van der Waals surface area contributed by atoms with E-state index in [4.69, 9.17) is 4.74 Å². The Morgan fingerprint density at radius 3 is 2.33 bits per heavy atom. The van der Waals surface area contributed by atoms with Gasteiger partial charge in [-0.2, -0.15) is 17.5 Å². The molecule has 1 aliphatic rings. The zero-order chi connectivity index (χ0) is 33.1. The van der Waals surface area contributed by atoms with E-state index in [1.54, 1.807) is 13.8 Å². The van der Waals surface area contributed by atoms with Crippen molar-refractivity contribution in [2.45, 2.75) is 37.1 Å². The lowest BCUT2D eigenvalue weighted by atomic mass is 9.99. The zero-order valence-electron chi connectivity index (χ0n) is 24.5. The molecule has 3 amide bonds. The number of carbonyl (C=O) groups excluding carboxylic acids is 2. The third-order valence-corrected chi connectivity index (χ3v) is 9.21. The number of alkyl halides is 3. The van der Waals surface area contributed by atoms with E-state index in [0.29, 0.717) is 0 Å². The maximum Gasteiger partial charge on any atom is 0.416 e. The van der Waals surface area contributed by atoms with Gasteiger partial charge in [-0.25, -0.2) is 17.6 Å². The predicted octanol–water partition coefficient (Wildman–Crippen LogP) is 5.03. The molecule has 0 bridgehead atoms. The van der Waals surface area contributed by atoms with Gasteiger partial charge in [0.05, 0.1) is 40.9 Å². The number of anilines is 2. The molecule has 242 valence electrons. The van der Waals surface area contributed by atoms with E-state index < -0.39 is 57.6 Å². The van der Waals surface area contributed by atoms with Gasteiger partial charge in [0, 0.05) is 25.2 Å². The first-order valence-electron chi connectivity index (χ1n) is 13.8. The first kappa shape index (κ1) is 33.7. The molecule has 0 saturated heterocycles. The molecule has 0 aromatic heterocycles. The molecule has 3 aromatic rings. The molecule has 0 unspecified atom stereocenters. The van der Waals surface area contributed by atoms with Crippen molar-refractivity contribution < 1.29 is 45.4 Å². The fraction of sp³-hybridized carbons (Fsp3) is 0.333. The maximum atomic E-state index is 13.7. The van der Waals surface area contributed by atoms with Gasteiger partial charge in [0.2, 0.25) is 10.0 Å². The Kier molecular flexibility index (Phi) is 10.0. The highest BCUT2D eigenvalue weighted by Gasteiger charge is 2.36. The number of amides is 3. The van der Waals surface area contributed by atoms with Crippen molar-refractivity contribution in [3.8, 4) is 5.75 Å². The normalized spacial score (nSPS) is 18.0. The number of para-hydroxylation sites is 1. The largest absolute Gasteiger partial charge is 0.486 e. The number of urea groups is 1. The average molecular weight is 653 g/mol. The number of sulfonamides is 1. The van der Waals surface area contributed by atoms with Crippen LogP contribution in [0.2, 0.25) is 0 Å². The lowest BCUT2D eigenvalue weighted by Crippen LogP contribution is -2.50. The van der Waals surface area contributed by atoms with Crippen LogP contribution in [0.3, 0.4) is 0 Å². The Morgan fingerprint density at radius 1 is 1.09 bits per heavy atom. The van der Waals surface area contributed by atoms with E-state index in [1.165, 1.54) is 30.1 Å². The van der Waals surface area contributed by atoms with Crippen LogP contribution in [0, 0.1) is 11.7 Å². The van der Waals surface area contributed by atoms with Crippen molar-refractivity contribution in [2.75, 3.05) is 37.4 Å². The summed E-state index contributed by atoms with van der Waals surface area (Å²) in [4.78, 5) is 27.8. The summed E-state index contributed by atoms with van der Waals surface area (Å²) in [5.41, 5.74) is -0.759. The number of halogens is 4. The number of benzene rings is 3. The SMILES string of the molecule is C[C@H](CO)N1C[C@H](C)[C@H](CN(C)S(=O)(=O)c2ccc(F)cc2)Oc2c(NC(=O)Nc3ccc(C(F)(F)F)cc3)cccc2C1=O. The van der Waals surface area contributed by atoms with Crippen molar-refractivity contribution >= 4 is 33.3 Å². The zero-order valence-corrected chi connectivity index (χ0v) is 25.3. The number of aliphatic hydroxyl groups is 1. The van der Waals surface area contributed by atoms with E-state index in [0.717, 1.165) is 52.8 Å². The number of aliphatic hydroxyl groups excluding tert-OH is 1. The maximum absolute atomic E-state index is 13.7. The number of nitrogens with zero attached hydrogens (tertiary/aromatic N) is 2. The van der Waals surface area contributed by atoms with Crippen LogP contribution >= 0.6 is 0 Å². The van der Waals surface area contributed by atoms with Crippen LogP contribution in [0.4, 0.5) is 33.7 Å². The van der Waals surface area contributed by atoms with E-state index >= 15 is 0 Å². The number of carbonyl (C=O) groups is 2. The van der Waals surface area contributed by atoms with Crippen LogP contribution in [-0.4, -0.2) is 73.6 Å². The fourth-order valence-electron chi connectivity index (χ4n) is 4.72. The number of nitrogens with one attached hydrogen (secondary N) is 2. The molecule has 3 aromatic carbocycles. The van der Waals surface area contributed by atoms with Crippen molar-refractivity contribution in [2.24, 2.45) is 5.92 Å². The molecular weight excluding hydrogens is 620 g/mol. The smallest absolute Gasteiger partial charge is 0.416 e. The van der Waals surface area contributed by atoms with Gasteiger partial charge < -0.3 is 25.4 Å². The van der Waals surface area contributed by atoms with E-state index in [9.17, 15) is 40.7 Å². The van der Waals surface area contributed by atoms with Gasteiger partial charge in [0.15, 0.2) is 5.75 Å². The molecule has 45 heavy (non-hydrogen) atoms. The highest BCUT2D eigenvalue weighted by atomic mass is 32.2. The number of likely N-dealkylation sites (N-methyl/N-ethyl adjacent to an activating group) is 1. The molecule has 0 radical (unpaired) electrons. The number of rotatable bonds is 8. The van der Waals surface area contributed by atoms with Crippen molar-refractivity contribution in [3.63, 3.8) is 0 Å². The van der Waals surface area contributed by atoms with Crippen molar-refractivity contribution in [1.82, 2.24) is 9.21 Å². The molecular formula is C30H32F4N4O6S. The second kappa shape index (κ2) is 13.4. The summed E-state index contributed by atoms with van der Waals surface area (Å²) in [7, 11) is -2.75. The summed E-state index contributed by atoms with van der Waals surface area (Å²) in [6.07, 6.45) is -5.43. The summed E-state index contributed by atoms with van der Waals surface area (Å²) in [6, 6.07) is 11.1. The number of hydrogen-bond acceptors (Lipinski definition) is 6. The second-order valence-electron chi connectivity index (χ2n) is 10.7.